The zero-order chi connectivity index (χ0) is 16.0. The molecule has 0 amide bonds. The van der Waals surface area contributed by atoms with Crippen LogP contribution in [0, 0.1) is 0 Å². The van der Waals surface area contributed by atoms with Gasteiger partial charge < -0.3 is 9.15 Å². The van der Waals surface area contributed by atoms with Gasteiger partial charge in [-0.05, 0) is 31.4 Å². The van der Waals surface area contributed by atoms with Gasteiger partial charge in [-0.2, -0.15) is 0 Å². The summed E-state index contributed by atoms with van der Waals surface area (Å²) < 4.78 is 10.5. The van der Waals surface area contributed by atoms with Crippen LogP contribution in [0.5, 0.6) is 0 Å². The third-order valence-electron chi connectivity index (χ3n) is 4.08. The zero-order valence-electron chi connectivity index (χ0n) is 14.3. The van der Waals surface area contributed by atoms with Crippen LogP contribution >= 0.6 is 0 Å². The van der Waals surface area contributed by atoms with Gasteiger partial charge >= 0.3 is 5.97 Å². The fourth-order valence-corrected chi connectivity index (χ4v) is 2.63. The van der Waals surface area contributed by atoms with Gasteiger partial charge in [-0.1, -0.05) is 65.2 Å². The first-order valence-corrected chi connectivity index (χ1v) is 9.02. The highest BCUT2D eigenvalue weighted by Crippen LogP contribution is 2.15. The molecule has 1 aromatic rings. The molecule has 0 N–H and O–H groups in total. The molecule has 1 atom stereocenters. The number of hydrogen-bond donors (Lipinski definition) is 0. The smallest absolute Gasteiger partial charge is 0.374 e. The third-order valence-corrected chi connectivity index (χ3v) is 4.08. The lowest BCUT2D eigenvalue weighted by molar-refractivity contribution is 0.0232. The maximum atomic E-state index is 11.8. The monoisotopic (exact) mass is 308 g/mol. The molecule has 1 aromatic heterocycles. The predicted molar refractivity (Wildman–Crippen MR) is 90.0 cm³/mol. The maximum absolute atomic E-state index is 11.8. The number of hydrogen-bond acceptors (Lipinski definition) is 3. The highest BCUT2D eigenvalue weighted by Gasteiger charge is 2.16. The Hall–Kier alpha value is -1.25. The minimum Gasteiger partial charge on any atom is -0.457 e. The molecule has 126 valence electrons. The Balaban J connectivity index is 2.03. The Kier molecular flexibility index (Phi) is 10.5. The molecule has 0 fully saturated rings. The summed E-state index contributed by atoms with van der Waals surface area (Å²) in [6.45, 7) is 4.32. The number of furan rings is 1. The number of unbranched alkanes of at least 4 members (excludes halogenated alkanes) is 8. The van der Waals surface area contributed by atoms with Crippen LogP contribution in [0.4, 0.5) is 0 Å². The van der Waals surface area contributed by atoms with Crippen molar-refractivity contribution in [2.45, 2.75) is 90.6 Å². The minimum absolute atomic E-state index is 0.0159. The molecule has 22 heavy (non-hydrogen) atoms. The van der Waals surface area contributed by atoms with Gasteiger partial charge in [0.15, 0.2) is 0 Å². The Morgan fingerprint density at radius 1 is 1.05 bits per heavy atom. The number of carbonyl (C=O) groups excluding carboxylic acids is 1. The average molecular weight is 308 g/mol. The van der Waals surface area contributed by atoms with E-state index in [1.54, 1.807) is 12.1 Å². The molecule has 0 aliphatic carbocycles. The van der Waals surface area contributed by atoms with Crippen molar-refractivity contribution in [3.63, 3.8) is 0 Å². The molecule has 3 heteroatoms. The van der Waals surface area contributed by atoms with Crippen molar-refractivity contribution >= 4 is 5.97 Å². The van der Waals surface area contributed by atoms with E-state index in [1.165, 1.54) is 57.6 Å². The molecule has 0 bridgehead atoms. The summed E-state index contributed by atoms with van der Waals surface area (Å²) in [6.07, 6.45) is 15.2. The van der Waals surface area contributed by atoms with Crippen LogP contribution in [-0.2, 0) is 4.74 Å². The molecule has 0 radical (unpaired) electrons. The van der Waals surface area contributed by atoms with Crippen LogP contribution in [0.1, 0.15) is 95.0 Å². The number of carbonyl (C=O) groups is 1. The third kappa shape index (κ3) is 8.26. The Labute approximate surface area is 135 Å². The Bertz CT molecular complexity index is 370. The summed E-state index contributed by atoms with van der Waals surface area (Å²) in [4.78, 5) is 11.8. The molecule has 0 saturated carbocycles. The van der Waals surface area contributed by atoms with E-state index in [0.717, 1.165) is 19.3 Å². The van der Waals surface area contributed by atoms with Crippen molar-refractivity contribution in [3.05, 3.63) is 24.2 Å². The maximum Gasteiger partial charge on any atom is 0.374 e. The predicted octanol–water partition coefficient (Wildman–Crippen LogP) is 6.14. The van der Waals surface area contributed by atoms with Crippen LogP contribution in [0.25, 0.3) is 0 Å². The molecule has 1 heterocycles. The Morgan fingerprint density at radius 3 is 2.23 bits per heavy atom. The first-order valence-electron chi connectivity index (χ1n) is 9.02. The SMILES string of the molecule is CCCCCCCCCCCC(CC)OC(=O)c1ccco1. The first-order chi connectivity index (χ1) is 10.8. The lowest BCUT2D eigenvalue weighted by Crippen LogP contribution is -2.17. The second-order valence-electron chi connectivity index (χ2n) is 6.03. The normalized spacial score (nSPS) is 12.3. The van der Waals surface area contributed by atoms with Gasteiger partial charge in [0.2, 0.25) is 5.76 Å². The largest absolute Gasteiger partial charge is 0.457 e. The van der Waals surface area contributed by atoms with Crippen molar-refractivity contribution in [1.29, 1.82) is 0 Å². The standard InChI is InChI=1S/C19H32O3/c1-3-5-6-7-8-9-10-11-12-14-17(4-2)22-19(20)18-15-13-16-21-18/h13,15-17H,3-12,14H2,1-2H3. The fourth-order valence-electron chi connectivity index (χ4n) is 2.63. The first kappa shape index (κ1) is 18.8. The summed E-state index contributed by atoms with van der Waals surface area (Å²) in [7, 11) is 0. The van der Waals surface area contributed by atoms with E-state index in [4.69, 9.17) is 9.15 Å². The van der Waals surface area contributed by atoms with E-state index in [0.29, 0.717) is 5.76 Å². The molecular formula is C19H32O3. The number of rotatable bonds is 13. The van der Waals surface area contributed by atoms with E-state index in [-0.39, 0.29) is 12.1 Å². The van der Waals surface area contributed by atoms with Crippen LogP contribution < -0.4 is 0 Å². The van der Waals surface area contributed by atoms with E-state index >= 15 is 0 Å². The molecule has 0 aliphatic rings. The van der Waals surface area contributed by atoms with Crippen LogP contribution in [0.15, 0.2) is 22.8 Å². The quantitative estimate of drug-likeness (QED) is 0.325. The molecule has 0 aliphatic heterocycles. The molecule has 0 aromatic carbocycles. The molecule has 0 saturated heterocycles. The van der Waals surface area contributed by atoms with E-state index in [9.17, 15) is 4.79 Å². The van der Waals surface area contributed by atoms with Gasteiger partial charge in [-0.3, -0.25) is 0 Å². The summed E-state index contributed by atoms with van der Waals surface area (Å²) in [5.74, 6) is -0.0432. The van der Waals surface area contributed by atoms with Gasteiger partial charge in [0.25, 0.3) is 0 Å². The molecule has 1 unspecified atom stereocenters. The van der Waals surface area contributed by atoms with Gasteiger partial charge in [-0.15, -0.1) is 0 Å². The fraction of sp³-hybridized carbons (Fsp3) is 0.737. The van der Waals surface area contributed by atoms with Crippen molar-refractivity contribution in [3.8, 4) is 0 Å². The molecule has 0 spiro atoms. The van der Waals surface area contributed by atoms with Gasteiger partial charge in [0, 0.05) is 0 Å². The van der Waals surface area contributed by atoms with Crippen LogP contribution in [-0.4, -0.2) is 12.1 Å². The average Bonchev–Trinajstić information content (AvgIpc) is 3.06. The van der Waals surface area contributed by atoms with Crippen molar-refractivity contribution < 1.29 is 13.9 Å². The van der Waals surface area contributed by atoms with Gasteiger partial charge in [0.05, 0.1) is 6.26 Å². The lowest BCUT2D eigenvalue weighted by Gasteiger charge is -2.15. The molecule has 3 nitrogen and oxygen atoms in total. The highest BCUT2D eigenvalue weighted by molar-refractivity contribution is 5.86. The van der Waals surface area contributed by atoms with Gasteiger partial charge in [0.1, 0.15) is 6.10 Å². The highest BCUT2D eigenvalue weighted by atomic mass is 16.6. The van der Waals surface area contributed by atoms with Crippen molar-refractivity contribution in [2.24, 2.45) is 0 Å². The number of ether oxygens (including phenoxy) is 1. The van der Waals surface area contributed by atoms with E-state index in [1.807, 2.05) is 0 Å². The zero-order valence-corrected chi connectivity index (χ0v) is 14.3. The molecule has 1 rings (SSSR count). The van der Waals surface area contributed by atoms with E-state index < -0.39 is 0 Å². The lowest BCUT2D eigenvalue weighted by atomic mass is 10.0. The van der Waals surface area contributed by atoms with Crippen molar-refractivity contribution in [1.82, 2.24) is 0 Å². The molecular weight excluding hydrogens is 276 g/mol. The minimum atomic E-state index is -0.340. The summed E-state index contributed by atoms with van der Waals surface area (Å²) in [6, 6.07) is 3.35. The van der Waals surface area contributed by atoms with Crippen molar-refractivity contribution in [2.75, 3.05) is 0 Å². The van der Waals surface area contributed by atoms with Crippen LogP contribution in [0.2, 0.25) is 0 Å². The van der Waals surface area contributed by atoms with Crippen LogP contribution in [0.3, 0.4) is 0 Å². The Morgan fingerprint density at radius 2 is 1.68 bits per heavy atom. The topological polar surface area (TPSA) is 39.4 Å². The second kappa shape index (κ2) is 12.3. The number of esters is 1. The van der Waals surface area contributed by atoms with Gasteiger partial charge in [-0.25, -0.2) is 4.79 Å². The van der Waals surface area contributed by atoms with E-state index in [2.05, 4.69) is 13.8 Å². The summed E-state index contributed by atoms with van der Waals surface area (Å²) in [5, 5.41) is 0. The summed E-state index contributed by atoms with van der Waals surface area (Å²) >= 11 is 0. The second-order valence-corrected chi connectivity index (χ2v) is 6.03. The summed E-state index contributed by atoms with van der Waals surface area (Å²) in [5.41, 5.74) is 0.